The second-order valence-corrected chi connectivity index (χ2v) is 5.46. The van der Waals surface area contributed by atoms with Crippen molar-refractivity contribution in [1.29, 1.82) is 0 Å². The average Bonchev–Trinajstić information content (AvgIpc) is 2.94. The first-order chi connectivity index (χ1) is 9.70. The van der Waals surface area contributed by atoms with Crippen molar-refractivity contribution in [3.8, 4) is 0 Å². The van der Waals surface area contributed by atoms with Crippen LogP contribution in [0.2, 0.25) is 0 Å². The van der Waals surface area contributed by atoms with Crippen molar-refractivity contribution < 1.29 is 9.53 Å². The number of likely N-dealkylation sites (tertiary alicyclic amines) is 1. The number of rotatable bonds is 2. The van der Waals surface area contributed by atoms with Gasteiger partial charge in [-0.25, -0.2) is 4.68 Å². The van der Waals surface area contributed by atoms with Crippen LogP contribution in [-0.4, -0.2) is 76.1 Å². The van der Waals surface area contributed by atoms with E-state index >= 15 is 0 Å². The number of piperidine rings is 1. The summed E-state index contributed by atoms with van der Waals surface area (Å²) in [5.41, 5.74) is 0.571. The Bertz CT molecular complexity index is 489. The van der Waals surface area contributed by atoms with E-state index in [1.165, 1.54) is 0 Å². The number of aryl methyl sites for hydroxylation is 1. The summed E-state index contributed by atoms with van der Waals surface area (Å²) in [7, 11) is 2.09. The predicted molar refractivity (Wildman–Crippen MR) is 72.4 cm³/mol. The quantitative estimate of drug-likeness (QED) is 0.753. The Balaban J connectivity index is 1.82. The first-order valence-corrected chi connectivity index (χ1v) is 7.20. The molecule has 110 valence electrons. The molecule has 3 heterocycles. The summed E-state index contributed by atoms with van der Waals surface area (Å²) >= 11 is 0. The Morgan fingerprint density at radius 2 is 2.35 bits per heavy atom. The summed E-state index contributed by atoms with van der Waals surface area (Å²) in [4.78, 5) is 16.9. The van der Waals surface area contributed by atoms with Crippen LogP contribution in [0.25, 0.3) is 0 Å². The standard InChI is InChI=1S/C13H21N5O2/c1-3-18-10(8-14-15-18)13(19)17-6-7-20-12-4-5-16(2)9-11(12)17/h8,11-12H,3-7,9H2,1-2H3. The number of hydrogen-bond acceptors (Lipinski definition) is 5. The molecule has 7 heteroatoms. The molecule has 2 atom stereocenters. The van der Waals surface area contributed by atoms with Gasteiger partial charge in [0, 0.05) is 26.2 Å². The third kappa shape index (κ3) is 2.31. The minimum atomic E-state index is 0.0189. The minimum absolute atomic E-state index is 0.0189. The van der Waals surface area contributed by atoms with E-state index in [1.807, 2.05) is 11.8 Å². The number of fused-ring (bicyclic) bond motifs is 1. The third-order valence-corrected chi connectivity index (χ3v) is 4.18. The summed E-state index contributed by atoms with van der Waals surface area (Å²) in [5.74, 6) is 0.0189. The Hall–Kier alpha value is -1.47. The lowest BCUT2D eigenvalue weighted by Gasteiger charge is -2.46. The maximum atomic E-state index is 12.8. The first kappa shape index (κ1) is 13.5. The average molecular weight is 279 g/mol. The maximum absolute atomic E-state index is 12.8. The first-order valence-electron chi connectivity index (χ1n) is 7.20. The second kappa shape index (κ2) is 5.49. The van der Waals surface area contributed by atoms with Crippen molar-refractivity contribution in [3.63, 3.8) is 0 Å². The molecule has 0 N–H and O–H groups in total. The van der Waals surface area contributed by atoms with E-state index in [1.54, 1.807) is 10.9 Å². The molecule has 0 spiro atoms. The lowest BCUT2D eigenvalue weighted by atomic mass is 9.99. The number of carbonyl (C=O) groups is 1. The van der Waals surface area contributed by atoms with Gasteiger partial charge in [0.15, 0.2) is 0 Å². The van der Waals surface area contributed by atoms with Crippen LogP contribution in [0.4, 0.5) is 0 Å². The largest absolute Gasteiger partial charge is 0.374 e. The van der Waals surface area contributed by atoms with Crippen LogP contribution >= 0.6 is 0 Å². The van der Waals surface area contributed by atoms with E-state index in [2.05, 4.69) is 22.3 Å². The van der Waals surface area contributed by atoms with Crippen LogP contribution in [-0.2, 0) is 11.3 Å². The van der Waals surface area contributed by atoms with E-state index in [-0.39, 0.29) is 18.1 Å². The SMILES string of the molecule is CCn1nncc1C(=O)N1CCOC2CCN(C)CC21. The minimum Gasteiger partial charge on any atom is -0.374 e. The Morgan fingerprint density at radius 1 is 1.50 bits per heavy atom. The normalized spacial score (nSPS) is 27.4. The highest BCUT2D eigenvalue weighted by molar-refractivity contribution is 5.92. The van der Waals surface area contributed by atoms with Crippen molar-refractivity contribution in [2.45, 2.75) is 32.0 Å². The zero-order chi connectivity index (χ0) is 14.1. The van der Waals surface area contributed by atoms with Gasteiger partial charge >= 0.3 is 0 Å². The number of morpholine rings is 1. The summed E-state index contributed by atoms with van der Waals surface area (Å²) in [6, 6.07) is 0.134. The van der Waals surface area contributed by atoms with Crippen molar-refractivity contribution in [2.75, 3.05) is 33.3 Å². The van der Waals surface area contributed by atoms with Gasteiger partial charge in [-0.3, -0.25) is 4.79 Å². The number of carbonyl (C=O) groups excluding carboxylic acids is 1. The molecule has 1 amide bonds. The molecule has 1 aromatic rings. The summed E-state index contributed by atoms with van der Waals surface area (Å²) < 4.78 is 7.48. The Labute approximate surface area is 118 Å². The van der Waals surface area contributed by atoms with E-state index in [4.69, 9.17) is 4.74 Å². The van der Waals surface area contributed by atoms with Crippen molar-refractivity contribution >= 4 is 5.91 Å². The number of hydrogen-bond donors (Lipinski definition) is 0. The zero-order valence-electron chi connectivity index (χ0n) is 12.0. The van der Waals surface area contributed by atoms with Crippen molar-refractivity contribution in [2.24, 2.45) is 0 Å². The highest BCUT2D eigenvalue weighted by Crippen LogP contribution is 2.23. The molecule has 0 aromatic carbocycles. The van der Waals surface area contributed by atoms with Gasteiger partial charge in [-0.05, 0) is 20.4 Å². The molecule has 3 rings (SSSR count). The molecular weight excluding hydrogens is 258 g/mol. The number of ether oxygens (including phenoxy) is 1. The monoisotopic (exact) mass is 279 g/mol. The Morgan fingerprint density at radius 3 is 3.15 bits per heavy atom. The summed E-state index contributed by atoms with van der Waals surface area (Å²) in [6.07, 6.45) is 2.70. The summed E-state index contributed by atoms with van der Waals surface area (Å²) in [6.45, 7) is 5.76. The molecule has 20 heavy (non-hydrogen) atoms. The number of likely N-dealkylation sites (N-methyl/N-ethyl adjacent to an activating group) is 1. The molecule has 0 saturated carbocycles. The molecule has 0 bridgehead atoms. The van der Waals surface area contributed by atoms with Gasteiger partial charge in [-0.15, -0.1) is 5.10 Å². The van der Waals surface area contributed by atoms with Crippen LogP contribution in [0.3, 0.4) is 0 Å². The fraction of sp³-hybridized carbons (Fsp3) is 0.769. The highest BCUT2D eigenvalue weighted by Gasteiger charge is 2.39. The second-order valence-electron chi connectivity index (χ2n) is 5.46. The van der Waals surface area contributed by atoms with E-state index in [0.29, 0.717) is 25.4 Å². The number of aromatic nitrogens is 3. The van der Waals surface area contributed by atoms with Gasteiger partial charge in [0.25, 0.3) is 5.91 Å². The third-order valence-electron chi connectivity index (χ3n) is 4.18. The summed E-state index contributed by atoms with van der Waals surface area (Å²) in [5, 5.41) is 7.80. The van der Waals surface area contributed by atoms with Gasteiger partial charge in [0.2, 0.25) is 0 Å². The van der Waals surface area contributed by atoms with Crippen molar-refractivity contribution in [1.82, 2.24) is 24.8 Å². The van der Waals surface area contributed by atoms with Gasteiger partial charge in [-0.2, -0.15) is 0 Å². The molecular formula is C13H21N5O2. The fourth-order valence-corrected chi connectivity index (χ4v) is 3.09. The highest BCUT2D eigenvalue weighted by atomic mass is 16.5. The van der Waals surface area contributed by atoms with Gasteiger partial charge < -0.3 is 14.5 Å². The number of nitrogens with zero attached hydrogens (tertiary/aromatic N) is 5. The number of amides is 1. The van der Waals surface area contributed by atoms with Crippen LogP contribution in [0.1, 0.15) is 23.8 Å². The zero-order valence-corrected chi connectivity index (χ0v) is 12.0. The van der Waals surface area contributed by atoms with Gasteiger partial charge in [-0.1, -0.05) is 5.21 Å². The molecule has 2 aliphatic rings. The van der Waals surface area contributed by atoms with Gasteiger partial charge in [0.1, 0.15) is 5.69 Å². The molecule has 0 aliphatic carbocycles. The molecule has 1 aromatic heterocycles. The molecule has 2 fully saturated rings. The maximum Gasteiger partial charge on any atom is 0.274 e. The molecule has 2 aliphatic heterocycles. The topological polar surface area (TPSA) is 63.5 Å². The van der Waals surface area contributed by atoms with Crippen LogP contribution in [0.5, 0.6) is 0 Å². The van der Waals surface area contributed by atoms with E-state index < -0.39 is 0 Å². The lowest BCUT2D eigenvalue weighted by molar-refractivity contribution is -0.0872. The van der Waals surface area contributed by atoms with Crippen molar-refractivity contribution in [3.05, 3.63) is 11.9 Å². The van der Waals surface area contributed by atoms with Crippen LogP contribution < -0.4 is 0 Å². The fourth-order valence-electron chi connectivity index (χ4n) is 3.09. The molecule has 2 saturated heterocycles. The van der Waals surface area contributed by atoms with Crippen LogP contribution in [0, 0.1) is 0 Å². The van der Waals surface area contributed by atoms with E-state index in [9.17, 15) is 4.79 Å². The molecule has 2 unspecified atom stereocenters. The molecule has 7 nitrogen and oxygen atoms in total. The smallest absolute Gasteiger partial charge is 0.274 e. The Kier molecular flexibility index (Phi) is 3.71. The van der Waals surface area contributed by atoms with Crippen LogP contribution in [0.15, 0.2) is 6.20 Å². The predicted octanol–water partition coefficient (Wildman–Crippen LogP) is -0.157. The lowest BCUT2D eigenvalue weighted by Crippen LogP contribution is -2.61. The van der Waals surface area contributed by atoms with Gasteiger partial charge in [0.05, 0.1) is 24.9 Å². The van der Waals surface area contributed by atoms with E-state index in [0.717, 1.165) is 19.5 Å². The molecule has 0 radical (unpaired) electrons.